The normalized spacial score (nSPS) is 23.1. The molecule has 4 heteroatoms. The minimum Gasteiger partial charge on any atom is -0.381 e. The van der Waals surface area contributed by atoms with E-state index < -0.39 is 0 Å². The molecule has 1 aliphatic rings. The SMILES string of the molecule is CCN(Cc1cccs1)CC1(CNC(C)C)CCOC1. The lowest BCUT2D eigenvalue weighted by atomic mass is 9.86. The van der Waals surface area contributed by atoms with Crippen molar-refractivity contribution in [2.45, 2.75) is 39.8 Å². The van der Waals surface area contributed by atoms with Gasteiger partial charge in [-0.25, -0.2) is 0 Å². The van der Waals surface area contributed by atoms with Crippen molar-refractivity contribution >= 4 is 11.3 Å². The zero-order valence-electron chi connectivity index (χ0n) is 13.0. The number of ether oxygens (including phenoxy) is 1. The van der Waals surface area contributed by atoms with Crippen LogP contribution in [0.4, 0.5) is 0 Å². The third kappa shape index (κ3) is 4.55. The highest BCUT2D eigenvalue weighted by Gasteiger charge is 2.36. The quantitative estimate of drug-likeness (QED) is 0.798. The third-order valence-electron chi connectivity index (χ3n) is 4.04. The zero-order chi connectivity index (χ0) is 14.4. The summed E-state index contributed by atoms with van der Waals surface area (Å²) in [6, 6.07) is 4.92. The van der Waals surface area contributed by atoms with Crippen LogP contribution in [0.5, 0.6) is 0 Å². The van der Waals surface area contributed by atoms with Crippen LogP contribution < -0.4 is 5.32 Å². The second-order valence-electron chi connectivity index (χ2n) is 6.22. The van der Waals surface area contributed by atoms with Gasteiger partial charge in [0.05, 0.1) is 6.61 Å². The largest absolute Gasteiger partial charge is 0.381 e. The van der Waals surface area contributed by atoms with E-state index in [1.807, 2.05) is 11.3 Å². The first-order chi connectivity index (χ1) is 9.63. The topological polar surface area (TPSA) is 24.5 Å². The number of rotatable bonds is 8. The van der Waals surface area contributed by atoms with Crippen LogP contribution >= 0.6 is 11.3 Å². The smallest absolute Gasteiger partial charge is 0.0547 e. The van der Waals surface area contributed by atoms with Crippen LogP contribution in [0.1, 0.15) is 32.1 Å². The predicted molar refractivity (Wildman–Crippen MR) is 86.3 cm³/mol. The maximum Gasteiger partial charge on any atom is 0.0547 e. The minimum absolute atomic E-state index is 0.289. The first-order valence-corrected chi connectivity index (χ1v) is 8.57. The summed E-state index contributed by atoms with van der Waals surface area (Å²) in [5, 5.41) is 5.78. The Balaban J connectivity index is 1.94. The summed E-state index contributed by atoms with van der Waals surface area (Å²) >= 11 is 1.85. The molecule has 0 spiro atoms. The van der Waals surface area contributed by atoms with Crippen molar-refractivity contribution in [2.24, 2.45) is 5.41 Å². The Hall–Kier alpha value is -0.420. The number of nitrogens with one attached hydrogen (secondary N) is 1. The lowest BCUT2D eigenvalue weighted by molar-refractivity contribution is 0.106. The minimum atomic E-state index is 0.289. The van der Waals surface area contributed by atoms with E-state index >= 15 is 0 Å². The standard InChI is InChI=1S/C16H28N2OS/c1-4-18(10-15-6-5-9-20-15)12-16(7-8-19-13-16)11-17-14(2)3/h5-6,9,14,17H,4,7-8,10-13H2,1-3H3. The molecule has 0 aromatic carbocycles. The summed E-state index contributed by atoms with van der Waals surface area (Å²) < 4.78 is 5.71. The van der Waals surface area contributed by atoms with Crippen LogP contribution in [0.2, 0.25) is 0 Å². The van der Waals surface area contributed by atoms with E-state index in [9.17, 15) is 0 Å². The highest BCUT2D eigenvalue weighted by atomic mass is 32.1. The summed E-state index contributed by atoms with van der Waals surface area (Å²) in [7, 11) is 0. The summed E-state index contributed by atoms with van der Waals surface area (Å²) in [5.74, 6) is 0. The van der Waals surface area contributed by atoms with Gasteiger partial charge in [-0.1, -0.05) is 26.8 Å². The van der Waals surface area contributed by atoms with E-state index in [4.69, 9.17) is 4.74 Å². The number of thiophene rings is 1. The van der Waals surface area contributed by atoms with Crippen molar-refractivity contribution in [3.05, 3.63) is 22.4 Å². The highest BCUT2D eigenvalue weighted by Crippen LogP contribution is 2.30. The summed E-state index contributed by atoms with van der Waals surface area (Å²) in [4.78, 5) is 4.01. The fourth-order valence-electron chi connectivity index (χ4n) is 2.77. The molecule has 3 nitrogen and oxygen atoms in total. The molecule has 0 saturated carbocycles. The Morgan fingerprint density at radius 3 is 2.90 bits per heavy atom. The molecule has 1 unspecified atom stereocenters. The average molecular weight is 296 g/mol. The second kappa shape index (κ2) is 7.55. The van der Waals surface area contributed by atoms with Gasteiger partial charge in [-0.15, -0.1) is 11.3 Å². The molecule has 1 fully saturated rings. The maximum absolute atomic E-state index is 5.71. The summed E-state index contributed by atoms with van der Waals surface area (Å²) in [6.07, 6.45) is 1.17. The van der Waals surface area contributed by atoms with E-state index in [-0.39, 0.29) is 5.41 Å². The molecular formula is C16H28N2OS. The molecule has 0 bridgehead atoms. The fraction of sp³-hybridized carbons (Fsp3) is 0.750. The van der Waals surface area contributed by atoms with Gasteiger partial charge in [-0.05, 0) is 24.4 Å². The van der Waals surface area contributed by atoms with Crippen LogP contribution in [0.3, 0.4) is 0 Å². The molecule has 1 saturated heterocycles. The molecule has 0 radical (unpaired) electrons. The van der Waals surface area contributed by atoms with E-state index in [0.29, 0.717) is 6.04 Å². The van der Waals surface area contributed by atoms with Crippen molar-refractivity contribution in [3.63, 3.8) is 0 Å². The molecule has 0 aliphatic carbocycles. The molecule has 0 amide bonds. The lowest BCUT2D eigenvalue weighted by Gasteiger charge is -2.34. The molecule has 1 aromatic heterocycles. The first kappa shape index (κ1) is 16.0. The van der Waals surface area contributed by atoms with Crippen LogP contribution in [0, 0.1) is 5.41 Å². The second-order valence-corrected chi connectivity index (χ2v) is 7.25. The molecule has 1 atom stereocenters. The van der Waals surface area contributed by atoms with Gasteiger partial charge in [0.2, 0.25) is 0 Å². The molecule has 1 aromatic rings. The van der Waals surface area contributed by atoms with E-state index in [1.165, 1.54) is 11.3 Å². The van der Waals surface area contributed by atoms with Gasteiger partial charge in [0.15, 0.2) is 0 Å². The Bertz CT molecular complexity index is 372. The van der Waals surface area contributed by atoms with Gasteiger partial charge in [-0.2, -0.15) is 0 Å². The fourth-order valence-corrected chi connectivity index (χ4v) is 3.51. The van der Waals surface area contributed by atoms with Crippen LogP contribution in [-0.2, 0) is 11.3 Å². The molecule has 20 heavy (non-hydrogen) atoms. The molecule has 1 aliphatic heterocycles. The Morgan fingerprint density at radius 1 is 1.50 bits per heavy atom. The number of hydrogen-bond donors (Lipinski definition) is 1. The van der Waals surface area contributed by atoms with E-state index in [0.717, 1.165) is 39.4 Å². The maximum atomic E-state index is 5.71. The van der Waals surface area contributed by atoms with Gasteiger partial charge < -0.3 is 10.1 Å². The predicted octanol–water partition coefficient (Wildman–Crippen LogP) is 2.97. The van der Waals surface area contributed by atoms with Crippen molar-refractivity contribution < 1.29 is 4.74 Å². The Morgan fingerprint density at radius 2 is 2.35 bits per heavy atom. The van der Waals surface area contributed by atoms with Crippen LogP contribution in [0.15, 0.2) is 17.5 Å². The number of hydrogen-bond acceptors (Lipinski definition) is 4. The zero-order valence-corrected chi connectivity index (χ0v) is 13.8. The lowest BCUT2D eigenvalue weighted by Crippen LogP contribution is -2.46. The molecule has 2 heterocycles. The Kier molecular flexibility index (Phi) is 6.02. The molecule has 2 rings (SSSR count). The summed E-state index contributed by atoms with van der Waals surface area (Å²) in [5.41, 5.74) is 0.289. The van der Waals surface area contributed by atoms with Crippen molar-refractivity contribution in [3.8, 4) is 0 Å². The van der Waals surface area contributed by atoms with Crippen molar-refractivity contribution in [2.75, 3.05) is 32.8 Å². The van der Waals surface area contributed by atoms with E-state index in [2.05, 4.69) is 48.5 Å². The summed E-state index contributed by atoms with van der Waals surface area (Å²) in [6.45, 7) is 12.8. The van der Waals surface area contributed by atoms with Gasteiger partial charge >= 0.3 is 0 Å². The average Bonchev–Trinajstić information content (AvgIpc) is 3.08. The number of nitrogens with zero attached hydrogens (tertiary/aromatic N) is 1. The third-order valence-corrected chi connectivity index (χ3v) is 4.90. The molecule has 114 valence electrons. The van der Waals surface area contributed by atoms with Crippen LogP contribution in [-0.4, -0.2) is 43.8 Å². The van der Waals surface area contributed by atoms with Crippen LogP contribution in [0.25, 0.3) is 0 Å². The monoisotopic (exact) mass is 296 g/mol. The van der Waals surface area contributed by atoms with Gasteiger partial charge in [0, 0.05) is 42.6 Å². The molecule has 1 N–H and O–H groups in total. The Labute approximate surface area is 127 Å². The molecular weight excluding hydrogens is 268 g/mol. The first-order valence-electron chi connectivity index (χ1n) is 7.69. The van der Waals surface area contributed by atoms with Gasteiger partial charge in [-0.3, -0.25) is 4.90 Å². The van der Waals surface area contributed by atoms with Gasteiger partial charge in [0.1, 0.15) is 0 Å². The van der Waals surface area contributed by atoms with Crippen molar-refractivity contribution in [1.82, 2.24) is 10.2 Å². The van der Waals surface area contributed by atoms with E-state index in [1.54, 1.807) is 0 Å². The highest BCUT2D eigenvalue weighted by molar-refractivity contribution is 7.09. The van der Waals surface area contributed by atoms with Crippen molar-refractivity contribution in [1.29, 1.82) is 0 Å². The van der Waals surface area contributed by atoms with Gasteiger partial charge in [0.25, 0.3) is 0 Å².